The van der Waals surface area contributed by atoms with Gasteiger partial charge in [-0.2, -0.15) is 0 Å². The summed E-state index contributed by atoms with van der Waals surface area (Å²) in [5, 5.41) is 8.68. The van der Waals surface area contributed by atoms with Crippen molar-refractivity contribution < 1.29 is 23.8 Å². The zero-order valence-corrected chi connectivity index (χ0v) is 15.6. The van der Waals surface area contributed by atoms with Crippen LogP contribution >= 0.6 is 0 Å². The lowest BCUT2D eigenvalue weighted by atomic mass is 10.1. The predicted molar refractivity (Wildman–Crippen MR) is 103 cm³/mol. The molecule has 3 aromatic rings. The highest BCUT2D eigenvalue weighted by atomic mass is 19.1. The molecule has 1 N–H and O–H groups in total. The third-order valence-electron chi connectivity index (χ3n) is 5.02. The number of carboxylic acid groups (broad SMARTS) is 1. The highest BCUT2D eigenvalue weighted by Gasteiger charge is 2.33. The Morgan fingerprint density at radius 3 is 2.72 bits per heavy atom. The molecule has 1 saturated heterocycles. The van der Waals surface area contributed by atoms with Crippen LogP contribution in [0, 0.1) is 5.82 Å². The Morgan fingerprint density at radius 1 is 1.17 bits per heavy atom. The number of rotatable bonds is 6. The maximum absolute atomic E-state index is 13.3. The minimum Gasteiger partial charge on any atom is -0.480 e. The number of carboxylic acids is 1. The molecule has 1 aliphatic heterocycles. The molecule has 1 atom stereocenters. The van der Waals surface area contributed by atoms with Crippen LogP contribution in [0.15, 0.2) is 48.7 Å². The second-order valence-electron chi connectivity index (χ2n) is 6.91. The number of likely N-dealkylation sites (tertiary alicyclic amines) is 1. The number of carbonyl (C=O) groups is 2. The van der Waals surface area contributed by atoms with Crippen molar-refractivity contribution >= 4 is 17.4 Å². The van der Waals surface area contributed by atoms with E-state index in [2.05, 4.69) is 0 Å². The third kappa shape index (κ3) is 3.84. The molecule has 0 bridgehead atoms. The van der Waals surface area contributed by atoms with E-state index in [1.165, 1.54) is 12.1 Å². The van der Waals surface area contributed by atoms with E-state index in [9.17, 15) is 14.0 Å². The van der Waals surface area contributed by atoms with Gasteiger partial charge in [-0.1, -0.05) is 6.07 Å². The monoisotopic (exact) mass is 397 g/mol. The van der Waals surface area contributed by atoms with E-state index in [1.54, 1.807) is 17.0 Å². The average molecular weight is 397 g/mol. The Kier molecular flexibility index (Phi) is 5.26. The van der Waals surface area contributed by atoms with Crippen molar-refractivity contribution in [3.8, 4) is 11.3 Å². The Labute approximate surface area is 166 Å². The smallest absolute Gasteiger partial charge is 0.329 e. The van der Waals surface area contributed by atoms with Gasteiger partial charge < -0.3 is 19.1 Å². The molecule has 1 aromatic carbocycles. The summed E-state index contributed by atoms with van der Waals surface area (Å²) in [4.78, 5) is 29.7. The molecular weight excluding hydrogens is 377 g/mol. The van der Waals surface area contributed by atoms with Crippen LogP contribution in [0.1, 0.15) is 24.7 Å². The van der Waals surface area contributed by atoms with Gasteiger partial charge in [0.25, 0.3) is 0 Å². The van der Waals surface area contributed by atoms with Gasteiger partial charge in [0.1, 0.15) is 24.9 Å². The van der Waals surface area contributed by atoms with Crippen LogP contribution in [0.5, 0.6) is 0 Å². The van der Waals surface area contributed by atoms with E-state index in [1.807, 2.05) is 28.8 Å². The molecule has 1 fully saturated rings. The minimum absolute atomic E-state index is 0.236. The summed E-state index contributed by atoms with van der Waals surface area (Å²) >= 11 is 0. The van der Waals surface area contributed by atoms with Crippen molar-refractivity contribution in [1.82, 2.24) is 14.3 Å². The van der Waals surface area contributed by atoms with Gasteiger partial charge in [-0.3, -0.25) is 4.79 Å². The van der Waals surface area contributed by atoms with E-state index in [0.717, 1.165) is 35.4 Å². The number of benzene rings is 1. The van der Waals surface area contributed by atoms with Crippen LogP contribution < -0.4 is 0 Å². The Morgan fingerprint density at radius 2 is 1.97 bits per heavy atom. The number of ether oxygens (including phenoxy) is 1. The normalized spacial score (nSPS) is 16.4. The van der Waals surface area contributed by atoms with Gasteiger partial charge in [-0.25, -0.2) is 14.2 Å². The van der Waals surface area contributed by atoms with Gasteiger partial charge in [0, 0.05) is 18.3 Å². The predicted octanol–water partition coefficient (Wildman–Crippen LogP) is 2.91. The summed E-state index contributed by atoms with van der Waals surface area (Å²) in [6.45, 7) is -0.226. The number of fused-ring (bicyclic) bond motifs is 1. The van der Waals surface area contributed by atoms with Crippen LogP contribution in [0.2, 0.25) is 0 Å². The summed E-state index contributed by atoms with van der Waals surface area (Å²) in [7, 11) is 0. The number of aromatic nitrogens is 2. The fourth-order valence-corrected chi connectivity index (χ4v) is 3.76. The van der Waals surface area contributed by atoms with Gasteiger partial charge in [0.2, 0.25) is 5.91 Å². The number of carbonyl (C=O) groups excluding carboxylic acids is 1. The fraction of sp³-hybridized carbons (Fsp3) is 0.286. The first kappa shape index (κ1) is 19.1. The number of nitrogens with zero attached hydrogens (tertiary/aromatic N) is 3. The van der Waals surface area contributed by atoms with E-state index in [-0.39, 0.29) is 24.4 Å². The van der Waals surface area contributed by atoms with Crippen molar-refractivity contribution in [3.63, 3.8) is 0 Å². The van der Waals surface area contributed by atoms with E-state index in [4.69, 9.17) is 14.8 Å². The zero-order chi connectivity index (χ0) is 20.4. The lowest BCUT2D eigenvalue weighted by Crippen LogP contribution is -2.34. The Hall–Kier alpha value is -3.26. The summed E-state index contributed by atoms with van der Waals surface area (Å²) in [6, 6.07) is 11.7. The molecule has 150 valence electrons. The van der Waals surface area contributed by atoms with E-state index >= 15 is 0 Å². The van der Waals surface area contributed by atoms with Crippen LogP contribution in [0.25, 0.3) is 16.8 Å². The highest BCUT2D eigenvalue weighted by molar-refractivity contribution is 5.80. The third-order valence-corrected chi connectivity index (χ3v) is 5.02. The summed E-state index contributed by atoms with van der Waals surface area (Å²) in [6.07, 6.45) is 3.47. The first-order valence-electron chi connectivity index (χ1n) is 9.36. The molecule has 29 heavy (non-hydrogen) atoms. The van der Waals surface area contributed by atoms with Crippen LogP contribution in [-0.2, 0) is 14.3 Å². The lowest BCUT2D eigenvalue weighted by Gasteiger charge is -2.23. The first-order chi connectivity index (χ1) is 14.0. The minimum atomic E-state index is -1.11. The van der Waals surface area contributed by atoms with Crippen molar-refractivity contribution in [2.24, 2.45) is 0 Å². The van der Waals surface area contributed by atoms with E-state index in [0.29, 0.717) is 6.54 Å². The molecule has 7 nitrogen and oxygen atoms in total. The topological polar surface area (TPSA) is 84.1 Å². The second-order valence-corrected chi connectivity index (χ2v) is 6.91. The quantitative estimate of drug-likeness (QED) is 0.691. The maximum atomic E-state index is 13.3. The second kappa shape index (κ2) is 8.00. The number of halogens is 1. The standard InChI is InChI=1S/C21H20FN3O4/c22-15-8-6-14(7-9-15)20-16-4-1-2-10-25(16)21(23-20)17-5-3-11-24(17)18(26)12-29-13-19(27)28/h1-2,4,6-10,17H,3,5,11-13H2,(H,27,28). The van der Waals surface area contributed by atoms with Crippen molar-refractivity contribution in [2.45, 2.75) is 18.9 Å². The maximum Gasteiger partial charge on any atom is 0.329 e. The molecule has 4 rings (SSSR count). The molecule has 0 aliphatic carbocycles. The average Bonchev–Trinajstić information content (AvgIpc) is 3.33. The number of hydrogen-bond acceptors (Lipinski definition) is 4. The van der Waals surface area contributed by atoms with Gasteiger partial charge in [-0.05, 0) is 49.2 Å². The summed E-state index contributed by atoms with van der Waals surface area (Å²) < 4.78 is 20.3. The molecule has 0 radical (unpaired) electrons. The fourth-order valence-electron chi connectivity index (χ4n) is 3.76. The van der Waals surface area contributed by atoms with Gasteiger partial charge in [-0.15, -0.1) is 0 Å². The Bertz CT molecular complexity index is 1050. The molecule has 0 saturated carbocycles. The Balaban J connectivity index is 1.67. The lowest BCUT2D eigenvalue weighted by molar-refractivity contribution is -0.146. The number of pyridine rings is 1. The highest BCUT2D eigenvalue weighted by Crippen LogP contribution is 2.35. The van der Waals surface area contributed by atoms with Crippen LogP contribution in [0.4, 0.5) is 4.39 Å². The molecular formula is C21H20FN3O4. The molecule has 0 spiro atoms. The van der Waals surface area contributed by atoms with Crippen molar-refractivity contribution in [2.75, 3.05) is 19.8 Å². The van der Waals surface area contributed by atoms with Crippen LogP contribution in [0.3, 0.4) is 0 Å². The van der Waals surface area contributed by atoms with Gasteiger partial charge in [0.15, 0.2) is 0 Å². The van der Waals surface area contributed by atoms with Gasteiger partial charge in [0.05, 0.1) is 17.3 Å². The molecule has 2 aromatic heterocycles. The number of amides is 1. The molecule has 3 heterocycles. The number of hydrogen-bond donors (Lipinski definition) is 1. The van der Waals surface area contributed by atoms with Crippen molar-refractivity contribution in [1.29, 1.82) is 0 Å². The van der Waals surface area contributed by atoms with Crippen molar-refractivity contribution in [3.05, 3.63) is 60.3 Å². The number of aliphatic carboxylic acids is 1. The summed E-state index contributed by atoms with van der Waals surface area (Å²) in [5.74, 6) is -0.959. The van der Waals surface area contributed by atoms with Gasteiger partial charge >= 0.3 is 5.97 Å². The molecule has 1 aliphatic rings. The SMILES string of the molecule is O=C(O)COCC(=O)N1CCCC1c1nc(-c2ccc(F)cc2)c2ccccn12. The van der Waals surface area contributed by atoms with Crippen LogP contribution in [-0.4, -0.2) is 51.0 Å². The molecule has 8 heteroatoms. The largest absolute Gasteiger partial charge is 0.480 e. The number of imidazole rings is 1. The zero-order valence-electron chi connectivity index (χ0n) is 15.6. The van der Waals surface area contributed by atoms with E-state index < -0.39 is 12.6 Å². The molecule has 1 amide bonds. The first-order valence-corrected chi connectivity index (χ1v) is 9.36. The summed E-state index contributed by atoms with van der Waals surface area (Å²) in [5.41, 5.74) is 2.39. The molecule has 1 unspecified atom stereocenters.